The largest absolute Gasteiger partial charge is 0.478 e. The van der Waals surface area contributed by atoms with E-state index in [9.17, 15) is 13.2 Å². The maximum atomic E-state index is 12.1. The standard InChI is InChI=1S/C15H21NO4S/c1-15(7-2-3-8-15)11-16-21(19,20)10-12-5-4-6-13(9-12)14(17)18/h4-6,9,16H,2-3,7-8,10-11H2,1H3,(H,17,18). The summed E-state index contributed by atoms with van der Waals surface area (Å²) in [5.41, 5.74) is 0.639. The predicted octanol–water partition coefficient (Wildman–Crippen LogP) is 2.38. The van der Waals surface area contributed by atoms with Crippen molar-refractivity contribution >= 4 is 16.0 Å². The molecule has 1 aromatic carbocycles. The molecule has 0 amide bonds. The first-order valence-corrected chi connectivity index (χ1v) is 8.75. The molecule has 0 radical (unpaired) electrons. The summed E-state index contributed by atoms with van der Waals surface area (Å²) in [7, 11) is -3.45. The lowest BCUT2D eigenvalue weighted by Crippen LogP contribution is -2.34. The minimum absolute atomic E-state index is 0.0516. The van der Waals surface area contributed by atoms with Crippen LogP contribution in [0.3, 0.4) is 0 Å². The molecule has 1 aromatic rings. The summed E-state index contributed by atoms with van der Waals surface area (Å²) in [5.74, 6) is -1.25. The van der Waals surface area contributed by atoms with Gasteiger partial charge in [-0.05, 0) is 36.0 Å². The molecule has 0 heterocycles. The second kappa shape index (κ2) is 6.15. The first kappa shape index (κ1) is 16.0. The Labute approximate surface area is 125 Å². The van der Waals surface area contributed by atoms with Crippen molar-refractivity contribution in [1.29, 1.82) is 0 Å². The number of carbonyl (C=O) groups is 1. The third kappa shape index (κ3) is 4.54. The van der Waals surface area contributed by atoms with Crippen LogP contribution < -0.4 is 4.72 Å². The van der Waals surface area contributed by atoms with Gasteiger partial charge >= 0.3 is 5.97 Å². The molecule has 0 bridgehead atoms. The number of nitrogens with one attached hydrogen (secondary N) is 1. The molecule has 116 valence electrons. The van der Waals surface area contributed by atoms with Gasteiger partial charge in [-0.3, -0.25) is 0 Å². The molecular weight excluding hydrogens is 290 g/mol. The number of carboxylic acid groups (broad SMARTS) is 1. The van der Waals surface area contributed by atoms with Crippen molar-refractivity contribution in [2.24, 2.45) is 5.41 Å². The number of aromatic carboxylic acids is 1. The smallest absolute Gasteiger partial charge is 0.335 e. The number of carboxylic acids is 1. The van der Waals surface area contributed by atoms with Gasteiger partial charge in [-0.15, -0.1) is 0 Å². The molecule has 0 spiro atoms. The fraction of sp³-hybridized carbons (Fsp3) is 0.533. The Morgan fingerprint density at radius 3 is 2.62 bits per heavy atom. The van der Waals surface area contributed by atoms with E-state index in [1.54, 1.807) is 12.1 Å². The molecule has 0 unspecified atom stereocenters. The van der Waals surface area contributed by atoms with E-state index in [0.29, 0.717) is 12.1 Å². The lowest BCUT2D eigenvalue weighted by Gasteiger charge is -2.23. The molecule has 0 saturated heterocycles. The highest BCUT2D eigenvalue weighted by Crippen LogP contribution is 2.36. The van der Waals surface area contributed by atoms with Crippen molar-refractivity contribution in [3.63, 3.8) is 0 Å². The van der Waals surface area contributed by atoms with Crippen molar-refractivity contribution in [2.75, 3.05) is 6.54 Å². The fourth-order valence-corrected chi connectivity index (χ4v) is 4.04. The van der Waals surface area contributed by atoms with Gasteiger partial charge < -0.3 is 5.11 Å². The van der Waals surface area contributed by atoms with Crippen LogP contribution in [0.4, 0.5) is 0 Å². The van der Waals surface area contributed by atoms with E-state index < -0.39 is 16.0 Å². The Morgan fingerprint density at radius 2 is 2.00 bits per heavy atom. The number of benzene rings is 1. The molecule has 0 atom stereocenters. The van der Waals surface area contributed by atoms with Crippen LogP contribution in [0.25, 0.3) is 0 Å². The summed E-state index contributed by atoms with van der Waals surface area (Å²) in [6, 6.07) is 6.04. The quantitative estimate of drug-likeness (QED) is 0.845. The minimum Gasteiger partial charge on any atom is -0.478 e. The fourth-order valence-electron chi connectivity index (χ4n) is 2.75. The molecule has 2 N–H and O–H groups in total. The van der Waals surface area contributed by atoms with Crippen molar-refractivity contribution in [3.8, 4) is 0 Å². The second-order valence-electron chi connectivity index (χ2n) is 6.10. The molecule has 21 heavy (non-hydrogen) atoms. The van der Waals surface area contributed by atoms with Crippen LogP contribution in [0.1, 0.15) is 48.5 Å². The SMILES string of the molecule is CC1(CNS(=O)(=O)Cc2cccc(C(=O)O)c2)CCCC1. The Balaban J connectivity index is 2.00. The third-order valence-corrected chi connectivity index (χ3v) is 5.36. The highest BCUT2D eigenvalue weighted by molar-refractivity contribution is 7.88. The van der Waals surface area contributed by atoms with Gasteiger partial charge in [0.15, 0.2) is 0 Å². The summed E-state index contributed by atoms with van der Waals surface area (Å²) in [6.07, 6.45) is 4.39. The minimum atomic E-state index is -3.45. The second-order valence-corrected chi connectivity index (χ2v) is 7.91. The lowest BCUT2D eigenvalue weighted by atomic mass is 9.89. The van der Waals surface area contributed by atoms with Crippen LogP contribution >= 0.6 is 0 Å². The van der Waals surface area contributed by atoms with Crippen molar-refractivity contribution in [3.05, 3.63) is 35.4 Å². The summed E-state index contributed by atoms with van der Waals surface area (Å²) < 4.78 is 26.9. The van der Waals surface area contributed by atoms with Gasteiger partial charge in [0.05, 0.1) is 11.3 Å². The number of hydrogen-bond donors (Lipinski definition) is 2. The van der Waals surface area contributed by atoms with Gasteiger partial charge in [-0.2, -0.15) is 0 Å². The Kier molecular flexibility index (Phi) is 4.68. The van der Waals surface area contributed by atoms with E-state index in [-0.39, 0.29) is 16.7 Å². The van der Waals surface area contributed by atoms with Crippen LogP contribution in [0, 0.1) is 5.41 Å². The van der Waals surface area contributed by atoms with Crippen molar-refractivity contribution < 1.29 is 18.3 Å². The topological polar surface area (TPSA) is 83.5 Å². The van der Waals surface area contributed by atoms with Crippen LogP contribution in [-0.2, 0) is 15.8 Å². The zero-order valence-electron chi connectivity index (χ0n) is 12.1. The van der Waals surface area contributed by atoms with Gasteiger partial charge in [0.1, 0.15) is 0 Å². The molecular formula is C15H21NO4S. The van der Waals surface area contributed by atoms with E-state index in [2.05, 4.69) is 11.6 Å². The molecule has 6 heteroatoms. The highest BCUT2D eigenvalue weighted by Gasteiger charge is 2.29. The normalized spacial score (nSPS) is 17.8. The molecule has 0 aromatic heterocycles. The molecule has 1 aliphatic carbocycles. The van der Waals surface area contributed by atoms with Crippen LogP contribution in [0.5, 0.6) is 0 Å². The van der Waals surface area contributed by atoms with Crippen LogP contribution in [0.2, 0.25) is 0 Å². The summed E-state index contributed by atoms with van der Waals surface area (Å²) in [6.45, 7) is 2.56. The number of sulfonamides is 1. The average molecular weight is 311 g/mol. The summed E-state index contributed by atoms with van der Waals surface area (Å²) in [5, 5.41) is 8.92. The maximum absolute atomic E-state index is 12.1. The van der Waals surface area contributed by atoms with Gasteiger partial charge in [0.2, 0.25) is 10.0 Å². The first-order chi connectivity index (χ1) is 9.80. The van der Waals surface area contributed by atoms with Crippen molar-refractivity contribution in [2.45, 2.75) is 38.4 Å². The molecule has 5 nitrogen and oxygen atoms in total. The zero-order chi connectivity index (χ0) is 15.5. The molecule has 0 aliphatic heterocycles. The average Bonchev–Trinajstić information content (AvgIpc) is 2.84. The van der Waals surface area contributed by atoms with Gasteiger partial charge in [-0.25, -0.2) is 17.9 Å². The molecule has 2 rings (SSSR count). The Morgan fingerprint density at radius 1 is 1.33 bits per heavy atom. The lowest BCUT2D eigenvalue weighted by molar-refractivity contribution is 0.0696. The molecule has 1 aliphatic rings. The maximum Gasteiger partial charge on any atom is 0.335 e. The predicted molar refractivity (Wildman–Crippen MR) is 80.6 cm³/mol. The van der Waals surface area contributed by atoms with Gasteiger partial charge in [-0.1, -0.05) is 31.9 Å². The molecule has 1 saturated carbocycles. The van der Waals surface area contributed by atoms with Crippen LogP contribution in [0.15, 0.2) is 24.3 Å². The third-order valence-electron chi connectivity index (χ3n) is 4.06. The van der Waals surface area contributed by atoms with E-state index in [1.807, 2.05) is 0 Å². The highest BCUT2D eigenvalue weighted by atomic mass is 32.2. The van der Waals surface area contributed by atoms with E-state index in [0.717, 1.165) is 25.7 Å². The zero-order valence-corrected chi connectivity index (χ0v) is 12.9. The number of hydrogen-bond acceptors (Lipinski definition) is 3. The van der Waals surface area contributed by atoms with Gasteiger partial charge in [0.25, 0.3) is 0 Å². The monoisotopic (exact) mass is 311 g/mol. The summed E-state index contributed by atoms with van der Waals surface area (Å²) in [4.78, 5) is 10.9. The van der Waals surface area contributed by atoms with Crippen LogP contribution in [-0.4, -0.2) is 26.0 Å². The number of rotatable bonds is 6. The van der Waals surface area contributed by atoms with E-state index in [4.69, 9.17) is 5.11 Å². The van der Waals surface area contributed by atoms with Gasteiger partial charge in [0, 0.05) is 6.54 Å². The van der Waals surface area contributed by atoms with Crippen molar-refractivity contribution in [1.82, 2.24) is 4.72 Å². The summed E-state index contributed by atoms with van der Waals surface area (Å²) >= 11 is 0. The Bertz CT molecular complexity index is 618. The Hall–Kier alpha value is -1.40. The van der Waals surface area contributed by atoms with E-state index in [1.165, 1.54) is 12.1 Å². The first-order valence-electron chi connectivity index (χ1n) is 7.09. The van der Waals surface area contributed by atoms with E-state index >= 15 is 0 Å². The molecule has 1 fully saturated rings.